The fourth-order valence-corrected chi connectivity index (χ4v) is 1.84. The smallest absolute Gasteiger partial charge is 0.255 e. The van der Waals surface area contributed by atoms with Crippen molar-refractivity contribution in [3.63, 3.8) is 0 Å². The van der Waals surface area contributed by atoms with Crippen molar-refractivity contribution in [2.75, 3.05) is 19.6 Å². The summed E-state index contributed by atoms with van der Waals surface area (Å²) in [5.41, 5.74) is 0.683. The largest absolute Gasteiger partial charge is 0.333 e. The fourth-order valence-electron chi connectivity index (χ4n) is 1.84. The molecule has 0 atom stereocenters. The van der Waals surface area contributed by atoms with E-state index in [1.807, 2.05) is 11.0 Å². The molecule has 0 aliphatic carbocycles. The Bertz CT molecular complexity index is 349. The minimum Gasteiger partial charge on any atom is -0.333 e. The van der Waals surface area contributed by atoms with E-state index in [1.165, 1.54) is 0 Å². The number of rotatable bonds is 4. The summed E-state index contributed by atoms with van der Waals surface area (Å²) in [4.78, 5) is 18.2. The maximum Gasteiger partial charge on any atom is 0.255 e. The normalized spacial score (nSPS) is 15.6. The first-order valence-corrected chi connectivity index (χ1v) is 5.74. The monoisotopic (exact) mass is 219 g/mol. The van der Waals surface area contributed by atoms with Crippen molar-refractivity contribution in [3.8, 4) is 0 Å². The van der Waals surface area contributed by atoms with Gasteiger partial charge in [-0.15, -0.1) is 0 Å². The summed E-state index contributed by atoms with van der Waals surface area (Å²) in [7, 11) is 0. The van der Waals surface area contributed by atoms with E-state index in [1.54, 1.807) is 18.5 Å². The van der Waals surface area contributed by atoms with E-state index in [4.69, 9.17) is 0 Å². The predicted molar refractivity (Wildman–Crippen MR) is 62.2 cm³/mol. The molecule has 2 rings (SSSR count). The van der Waals surface area contributed by atoms with Crippen molar-refractivity contribution in [2.24, 2.45) is 0 Å². The molecule has 16 heavy (non-hydrogen) atoms. The predicted octanol–water partition coefficient (Wildman–Crippen LogP) is 0.906. The quantitative estimate of drug-likeness (QED) is 0.818. The van der Waals surface area contributed by atoms with E-state index in [2.05, 4.69) is 17.2 Å². The van der Waals surface area contributed by atoms with Gasteiger partial charge in [0.05, 0.1) is 11.6 Å². The molecular formula is C12H17N3O. The third-order valence-electron chi connectivity index (χ3n) is 2.83. The van der Waals surface area contributed by atoms with Crippen LogP contribution >= 0.6 is 0 Å². The Morgan fingerprint density at radius 1 is 1.62 bits per heavy atom. The number of pyridine rings is 1. The van der Waals surface area contributed by atoms with Crippen LogP contribution < -0.4 is 5.32 Å². The fraction of sp³-hybridized carbons (Fsp3) is 0.500. The second-order valence-corrected chi connectivity index (χ2v) is 4.05. The number of nitrogens with one attached hydrogen (secondary N) is 1. The molecule has 1 saturated heterocycles. The van der Waals surface area contributed by atoms with Gasteiger partial charge in [-0.3, -0.25) is 9.78 Å². The number of nitrogens with zero attached hydrogens (tertiary/aromatic N) is 2. The minimum absolute atomic E-state index is 0.0986. The van der Waals surface area contributed by atoms with Gasteiger partial charge >= 0.3 is 0 Å². The molecule has 1 N–H and O–H groups in total. The lowest BCUT2D eigenvalue weighted by Gasteiger charge is -2.38. The summed E-state index contributed by atoms with van der Waals surface area (Å²) in [5.74, 6) is 0.0986. The van der Waals surface area contributed by atoms with Crippen molar-refractivity contribution in [1.82, 2.24) is 15.2 Å². The molecule has 0 saturated carbocycles. The average Bonchev–Trinajstić information content (AvgIpc) is 2.26. The van der Waals surface area contributed by atoms with Crippen molar-refractivity contribution >= 4 is 5.91 Å². The molecule has 86 valence electrons. The van der Waals surface area contributed by atoms with Crippen LogP contribution in [0.5, 0.6) is 0 Å². The van der Waals surface area contributed by atoms with E-state index < -0.39 is 0 Å². The lowest BCUT2D eigenvalue weighted by Crippen LogP contribution is -2.59. The van der Waals surface area contributed by atoms with Gasteiger partial charge in [0, 0.05) is 32.0 Å². The summed E-state index contributed by atoms with van der Waals surface area (Å²) >= 11 is 0. The Balaban J connectivity index is 2.10. The second-order valence-electron chi connectivity index (χ2n) is 4.05. The molecule has 1 fully saturated rings. The molecule has 1 aliphatic heterocycles. The first-order valence-electron chi connectivity index (χ1n) is 5.74. The first-order chi connectivity index (χ1) is 7.83. The highest BCUT2D eigenvalue weighted by atomic mass is 16.2. The van der Waals surface area contributed by atoms with E-state index in [-0.39, 0.29) is 5.91 Å². The van der Waals surface area contributed by atoms with Crippen LogP contribution in [-0.2, 0) is 0 Å². The zero-order valence-corrected chi connectivity index (χ0v) is 9.52. The summed E-state index contributed by atoms with van der Waals surface area (Å²) in [6.45, 7) is 4.73. The highest BCUT2D eigenvalue weighted by Gasteiger charge is 2.28. The molecule has 1 amide bonds. The van der Waals surface area contributed by atoms with Crippen LogP contribution in [0.25, 0.3) is 0 Å². The molecule has 1 aromatic heterocycles. The molecular weight excluding hydrogens is 202 g/mol. The number of hydrogen-bond acceptors (Lipinski definition) is 3. The highest BCUT2D eigenvalue weighted by molar-refractivity contribution is 5.94. The Kier molecular flexibility index (Phi) is 3.51. The number of aromatic nitrogens is 1. The molecule has 1 aliphatic rings. The van der Waals surface area contributed by atoms with E-state index in [9.17, 15) is 4.79 Å². The molecule has 0 spiro atoms. The van der Waals surface area contributed by atoms with Crippen molar-refractivity contribution in [3.05, 3.63) is 30.1 Å². The van der Waals surface area contributed by atoms with Gasteiger partial charge in [0.25, 0.3) is 5.91 Å². The van der Waals surface area contributed by atoms with Crippen LogP contribution in [-0.4, -0.2) is 41.5 Å². The molecule has 0 aromatic carbocycles. The van der Waals surface area contributed by atoms with Crippen LogP contribution in [0.3, 0.4) is 0 Å². The number of hydrogen-bond donors (Lipinski definition) is 1. The molecule has 0 radical (unpaired) electrons. The lowest BCUT2D eigenvalue weighted by molar-refractivity contribution is 0.0615. The van der Waals surface area contributed by atoms with Gasteiger partial charge in [0.1, 0.15) is 0 Å². The summed E-state index contributed by atoms with van der Waals surface area (Å²) < 4.78 is 0. The van der Waals surface area contributed by atoms with Crippen molar-refractivity contribution in [2.45, 2.75) is 19.4 Å². The van der Waals surface area contributed by atoms with Crippen LogP contribution in [0, 0.1) is 0 Å². The van der Waals surface area contributed by atoms with Gasteiger partial charge < -0.3 is 10.2 Å². The molecule has 4 nitrogen and oxygen atoms in total. The van der Waals surface area contributed by atoms with Crippen LogP contribution in [0.2, 0.25) is 0 Å². The zero-order valence-electron chi connectivity index (χ0n) is 9.52. The zero-order chi connectivity index (χ0) is 11.4. The summed E-state index contributed by atoms with van der Waals surface area (Å²) in [6, 6.07) is 3.98. The van der Waals surface area contributed by atoms with Gasteiger partial charge in [-0.05, 0) is 18.6 Å². The van der Waals surface area contributed by atoms with E-state index >= 15 is 0 Å². The first kappa shape index (κ1) is 11.1. The standard InChI is InChI=1S/C12H17N3O/c1-2-6-15(11-8-14-9-11)12(16)10-4-3-5-13-7-10/h3-5,7,11,14H,2,6,8-9H2,1H3. The molecule has 4 heteroatoms. The number of carbonyl (C=O) groups excluding carboxylic acids is 1. The highest BCUT2D eigenvalue weighted by Crippen LogP contribution is 2.11. The third-order valence-corrected chi connectivity index (χ3v) is 2.83. The number of amides is 1. The topological polar surface area (TPSA) is 45.2 Å². The van der Waals surface area contributed by atoms with Gasteiger partial charge in [0.15, 0.2) is 0 Å². The van der Waals surface area contributed by atoms with Crippen molar-refractivity contribution < 1.29 is 4.79 Å². The summed E-state index contributed by atoms with van der Waals surface area (Å²) in [5, 5.41) is 3.20. The number of carbonyl (C=O) groups is 1. The Hall–Kier alpha value is -1.42. The Morgan fingerprint density at radius 2 is 2.44 bits per heavy atom. The van der Waals surface area contributed by atoms with Gasteiger partial charge in [-0.25, -0.2) is 0 Å². The van der Waals surface area contributed by atoms with Crippen LogP contribution in [0.1, 0.15) is 23.7 Å². The second kappa shape index (κ2) is 5.07. The van der Waals surface area contributed by atoms with Crippen LogP contribution in [0.15, 0.2) is 24.5 Å². The maximum atomic E-state index is 12.2. The molecule has 1 aromatic rings. The minimum atomic E-state index is 0.0986. The maximum absolute atomic E-state index is 12.2. The molecule has 0 unspecified atom stereocenters. The average molecular weight is 219 g/mol. The SMILES string of the molecule is CCCN(C(=O)c1cccnc1)C1CNC1. The van der Waals surface area contributed by atoms with Gasteiger partial charge in [-0.2, -0.15) is 0 Å². The van der Waals surface area contributed by atoms with Crippen molar-refractivity contribution in [1.29, 1.82) is 0 Å². The van der Waals surface area contributed by atoms with Gasteiger partial charge in [0.2, 0.25) is 0 Å². The molecule has 0 bridgehead atoms. The Morgan fingerprint density at radius 3 is 2.94 bits per heavy atom. The van der Waals surface area contributed by atoms with E-state index in [0.717, 1.165) is 26.1 Å². The lowest BCUT2D eigenvalue weighted by atomic mass is 10.1. The summed E-state index contributed by atoms with van der Waals surface area (Å²) in [6.07, 6.45) is 4.31. The molecule has 2 heterocycles. The van der Waals surface area contributed by atoms with Crippen LogP contribution in [0.4, 0.5) is 0 Å². The Labute approximate surface area is 95.7 Å². The third kappa shape index (κ3) is 2.22. The van der Waals surface area contributed by atoms with E-state index in [0.29, 0.717) is 11.6 Å². The van der Waals surface area contributed by atoms with Gasteiger partial charge in [-0.1, -0.05) is 6.92 Å².